The third kappa shape index (κ3) is 3.18. The van der Waals surface area contributed by atoms with Gasteiger partial charge in [0, 0.05) is 38.0 Å². The van der Waals surface area contributed by atoms with Gasteiger partial charge in [-0.2, -0.15) is 0 Å². The lowest BCUT2D eigenvalue weighted by atomic mass is 9.73. The van der Waals surface area contributed by atoms with E-state index in [2.05, 4.69) is 9.59 Å². The van der Waals surface area contributed by atoms with Gasteiger partial charge in [-0.15, -0.1) is 5.10 Å². The molecule has 2 saturated heterocycles. The lowest BCUT2D eigenvalue weighted by Gasteiger charge is -2.48. The predicted octanol–water partition coefficient (Wildman–Crippen LogP) is 2.53. The molecule has 1 aromatic heterocycles. The summed E-state index contributed by atoms with van der Waals surface area (Å²) in [7, 11) is 0. The maximum atomic E-state index is 13.0. The molecular formula is C17H26N4O2S. The van der Waals surface area contributed by atoms with E-state index in [-0.39, 0.29) is 23.1 Å². The number of hydrogen-bond acceptors (Lipinski definition) is 5. The molecule has 24 heavy (non-hydrogen) atoms. The maximum Gasteiger partial charge on any atom is 0.267 e. The van der Waals surface area contributed by atoms with Crippen molar-refractivity contribution < 1.29 is 9.59 Å². The molecule has 0 N–H and O–H groups in total. The minimum atomic E-state index is 0.0627. The molecule has 2 amide bonds. The lowest BCUT2D eigenvalue weighted by molar-refractivity contribution is -0.138. The van der Waals surface area contributed by atoms with Gasteiger partial charge in [-0.05, 0) is 43.6 Å². The van der Waals surface area contributed by atoms with Gasteiger partial charge in [-0.3, -0.25) is 9.59 Å². The second kappa shape index (κ2) is 6.78. The number of piperidine rings is 2. The van der Waals surface area contributed by atoms with Gasteiger partial charge in [-0.1, -0.05) is 18.3 Å². The summed E-state index contributed by atoms with van der Waals surface area (Å²) < 4.78 is 3.99. The molecule has 3 heterocycles. The van der Waals surface area contributed by atoms with Gasteiger partial charge < -0.3 is 9.80 Å². The van der Waals surface area contributed by atoms with Crippen molar-refractivity contribution in [3.8, 4) is 0 Å². The van der Waals surface area contributed by atoms with Gasteiger partial charge in [0.15, 0.2) is 0 Å². The highest BCUT2D eigenvalue weighted by Crippen LogP contribution is 2.39. The summed E-state index contributed by atoms with van der Waals surface area (Å²) in [6.07, 6.45) is 3.60. The molecule has 7 heteroatoms. The summed E-state index contributed by atoms with van der Waals surface area (Å²) >= 11 is 1.20. The van der Waals surface area contributed by atoms with Crippen LogP contribution in [-0.2, 0) is 4.79 Å². The molecule has 132 valence electrons. The normalized spacial score (nSPS) is 24.9. The second-order valence-corrected chi connectivity index (χ2v) is 8.13. The molecule has 1 spiro atoms. The Kier molecular flexibility index (Phi) is 4.90. The van der Waals surface area contributed by atoms with E-state index >= 15 is 0 Å². The van der Waals surface area contributed by atoms with Gasteiger partial charge in [0.25, 0.3) is 5.91 Å². The van der Waals surface area contributed by atoms with Crippen LogP contribution in [-0.4, -0.2) is 57.4 Å². The Morgan fingerprint density at radius 3 is 2.83 bits per heavy atom. The SMILES string of the molecule is CCN1C[C@@]2(CCCN(C(=O)c3snnc3C(C)C)C2)CCC1=O. The molecule has 0 radical (unpaired) electrons. The van der Waals surface area contributed by atoms with Crippen molar-refractivity contribution in [2.45, 2.75) is 52.4 Å². The molecule has 3 rings (SSSR count). The zero-order valence-corrected chi connectivity index (χ0v) is 15.6. The number of carbonyl (C=O) groups is 2. The van der Waals surface area contributed by atoms with Crippen LogP contribution >= 0.6 is 11.5 Å². The summed E-state index contributed by atoms with van der Waals surface area (Å²) in [5.41, 5.74) is 0.868. The highest BCUT2D eigenvalue weighted by atomic mass is 32.1. The van der Waals surface area contributed by atoms with Crippen molar-refractivity contribution in [1.82, 2.24) is 19.4 Å². The van der Waals surface area contributed by atoms with E-state index in [0.717, 1.165) is 51.1 Å². The Balaban J connectivity index is 1.77. The minimum absolute atomic E-state index is 0.0627. The largest absolute Gasteiger partial charge is 0.342 e. The van der Waals surface area contributed by atoms with Crippen LogP contribution in [0.15, 0.2) is 0 Å². The Bertz CT molecular complexity index is 630. The summed E-state index contributed by atoms with van der Waals surface area (Å²) in [6.45, 7) is 9.17. The Hall–Kier alpha value is -1.50. The first-order chi connectivity index (χ1) is 11.5. The average Bonchev–Trinajstić information content (AvgIpc) is 3.07. The zero-order valence-electron chi connectivity index (χ0n) is 14.7. The van der Waals surface area contributed by atoms with Crippen molar-refractivity contribution in [2.24, 2.45) is 5.41 Å². The third-order valence-corrected chi connectivity index (χ3v) is 6.06. The lowest BCUT2D eigenvalue weighted by Crippen LogP contribution is -2.55. The van der Waals surface area contributed by atoms with E-state index < -0.39 is 0 Å². The highest BCUT2D eigenvalue weighted by Gasteiger charge is 2.43. The first-order valence-corrected chi connectivity index (χ1v) is 9.62. The molecule has 2 aliphatic rings. The topological polar surface area (TPSA) is 66.4 Å². The van der Waals surface area contributed by atoms with E-state index in [1.807, 2.05) is 30.6 Å². The maximum absolute atomic E-state index is 13.0. The first kappa shape index (κ1) is 17.3. The van der Waals surface area contributed by atoms with E-state index in [1.165, 1.54) is 11.5 Å². The number of amides is 2. The average molecular weight is 350 g/mol. The molecule has 0 bridgehead atoms. The summed E-state index contributed by atoms with van der Waals surface area (Å²) in [6, 6.07) is 0. The Morgan fingerprint density at radius 1 is 1.33 bits per heavy atom. The van der Waals surface area contributed by atoms with Gasteiger partial charge in [-0.25, -0.2) is 0 Å². The van der Waals surface area contributed by atoms with Crippen LogP contribution in [0.5, 0.6) is 0 Å². The van der Waals surface area contributed by atoms with Gasteiger partial charge in [0.05, 0.1) is 5.69 Å². The fourth-order valence-electron chi connectivity index (χ4n) is 3.97. The van der Waals surface area contributed by atoms with E-state index in [0.29, 0.717) is 11.3 Å². The van der Waals surface area contributed by atoms with Gasteiger partial charge in [0.2, 0.25) is 5.91 Å². The second-order valence-electron chi connectivity index (χ2n) is 7.38. The van der Waals surface area contributed by atoms with Crippen LogP contribution in [0.25, 0.3) is 0 Å². The predicted molar refractivity (Wildman–Crippen MR) is 93.1 cm³/mol. The standard InChI is InChI=1S/C17H26N4O2S/c1-4-20-10-17(8-6-13(20)22)7-5-9-21(11-17)16(23)15-14(12(2)3)18-19-24-15/h12H,4-11H2,1-3H3/t17-/m1/s1. The molecule has 2 fully saturated rings. The van der Waals surface area contributed by atoms with Gasteiger partial charge >= 0.3 is 0 Å². The molecule has 0 unspecified atom stereocenters. The van der Waals surface area contributed by atoms with Crippen molar-refractivity contribution in [2.75, 3.05) is 26.2 Å². The number of likely N-dealkylation sites (tertiary alicyclic amines) is 2. The number of nitrogens with zero attached hydrogens (tertiary/aromatic N) is 4. The molecule has 1 aromatic rings. The number of aromatic nitrogens is 2. The summed E-state index contributed by atoms with van der Waals surface area (Å²) in [5, 5.41) is 4.14. The molecule has 2 aliphatic heterocycles. The zero-order chi connectivity index (χ0) is 17.3. The van der Waals surface area contributed by atoms with Crippen LogP contribution in [0.1, 0.15) is 67.7 Å². The molecule has 0 saturated carbocycles. The van der Waals surface area contributed by atoms with Crippen LogP contribution in [0.3, 0.4) is 0 Å². The summed E-state index contributed by atoms with van der Waals surface area (Å²) in [4.78, 5) is 29.6. The molecule has 1 atom stereocenters. The van der Waals surface area contributed by atoms with Crippen molar-refractivity contribution in [3.05, 3.63) is 10.6 Å². The van der Waals surface area contributed by atoms with E-state index in [1.54, 1.807) is 0 Å². The number of hydrogen-bond donors (Lipinski definition) is 0. The Labute approximate surface area is 147 Å². The quantitative estimate of drug-likeness (QED) is 0.840. The molecular weight excluding hydrogens is 324 g/mol. The smallest absolute Gasteiger partial charge is 0.267 e. The highest BCUT2D eigenvalue weighted by molar-refractivity contribution is 7.08. The number of carbonyl (C=O) groups excluding carboxylic acids is 2. The fraction of sp³-hybridized carbons (Fsp3) is 0.765. The first-order valence-electron chi connectivity index (χ1n) is 8.85. The van der Waals surface area contributed by atoms with Crippen molar-refractivity contribution >= 4 is 23.3 Å². The molecule has 6 nitrogen and oxygen atoms in total. The van der Waals surface area contributed by atoms with Crippen molar-refractivity contribution in [1.29, 1.82) is 0 Å². The third-order valence-electron chi connectivity index (χ3n) is 5.33. The van der Waals surface area contributed by atoms with Crippen LogP contribution in [0, 0.1) is 5.41 Å². The van der Waals surface area contributed by atoms with Crippen LogP contribution < -0.4 is 0 Å². The monoisotopic (exact) mass is 350 g/mol. The molecule has 0 aliphatic carbocycles. The van der Waals surface area contributed by atoms with Gasteiger partial charge in [0.1, 0.15) is 4.88 Å². The molecule has 0 aromatic carbocycles. The van der Waals surface area contributed by atoms with E-state index in [4.69, 9.17) is 0 Å². The fourth-order valence-corrected chi connectivity index (χ4v) is 4.76. The number of rotatable bonds is 3. The minimum Gasteiger partial charge on any atom is -0.342 e. The summed E-state index contributed by atoms with van der Waals surface area (Å²) in [5.74, 6) is 0.511. The van der Waals surface area contributed by atoms with E-state index in [9.17, 15) is 9.59 Å². The van der Waals surface area contributed by atoms with Crippen molar-refractivity contribution in [3.63, 3.8) is 0 Å². The van der Waals surface area contributed by atoms with Crippen LogP contribution in [0.4, 0.5) is 0 Å². The Morgan fingerprint density at radius 2 is 2.12 bits per heavy atom. The van der Waals surface area contributed by atoms with Crippen LogP contribution in [0.2, 0.25) is 0 Å².